The Hall–Kier alpha value is -1.00. The molecule has 1 aliphatic rings. The molecule has 1 fully saturated rings. The van der Waals surface area contributed by atoms with Gasteiger partial charge in [0.2, 0.25) is 5.91 Å². The second-order valence-electron chi connectivity index (χ2n) is 4.85. The number of carbonyl (C=O) groups excluding carboxylic acids is 1. The quantitative estimate of drug-likeness (QED) is 0.718. The van der Waals surface area contributed by atoms with E-state index in [1.165, 1.54) is 23.3 Å². The molecule has 0 radical (unpaired) electrons. The molecule has 1 aliphatic carbocycles. The molecular weight excluding hydrogens is 256 g/mol. The monoisotopic (exact) mass is 278 g/mol. The molecule has 104 valence electrons. The minimum Gasteiger partial charge on any atom is -0.356 e. The molecule has 19 heavy (non-hydrogen) atoms. The molecule has 1 amide bonds. The smallest absolute Gasteiger partial charge is 0.220 e. The summed E-state index contributed by atoms with van der Waals surface area (Å²) in [5.74, 6) is 0.979. The predicted molar refractivity (Wildman–Crippen MR) is 80.3 cm³/mol. The van der Waals surface area contributed by atoms with Gasteiger partial charge in [-0.05, 0) is 37.5 Å². The summed E-state index contributed by atoms with van der Waals surface area (Å²) in [4.78, 5) is 12.6. The first-order valence-corrected chi connectivity index (χ1v) is 7.98. The van der Waals surface area contributed by atoms with Crippen molar-refractivity contribution in [3.63, 3.8) is 0 Å². The Kier molecular flexibility index (Phi) is 5.73. The molecule has 0 aromatic heterocycles. The van der Waals surface area contributed by atoms with Gasteiger partial charge in [0, 0.05) is 36.2 Å². The van der Waals surface area contributed by atoms with Gasteiger partial charge >= 0.3 is 0 Å². The number of hydrogen-bond donors (Lipinski definition) is 2. The minimum atomic E-state index is 0.140. The van der Waals surface area contributed by atoms with Crippen LogP contribution in [0.5, 0.6) is 0 Å². The number of benzene rings is 1. The second-order valence-corrected chi connectivity index (χ2v) is 6.02. The van der Waals surface area contributed by atoms with Crippen LogP contribution in [0, 0.1) is 0 Å². The number of rotatable bonds is 8. The van der Waals surface area contributed by atoms with Crippen LogP contribution in [0.3, 0.4) is 0 Å². The Morgan fingerprint density at radius 1 is 1.42 bits per heavy atom. The Morgan fingerprint density at radius 3 is 3.00 bits per heavy atom. The van der Waals surface area contributed by atoms with E-state index < -0.39 is 0 Å². The van der Waals surface area contributed by atoms with Crippen LogP contribution >= 0.6 is 11.8 Å². The van der Waals surface area contributed by atoms with Gasteiger partial charge in [-0.15, -0.1) is 11.8 Å². The Labute approximate surface area is 119 Å². The van der Waals surface area contributed by atoms with Crippen LogP contribution in [-0.2, 0) is 11.3 Å². The lowest BCUT2D eigenvalue weighted by molar-refractivity contribution is -0.120. The topological polar surface area (TPSA) is 41.1 Å². The number of carbonyl (C=O) groups is 1. The van der Waals surface area contributed by atoms with E-state index in [-0.39, 0.29) is 5.91 Å². The number of thioether (sulfide) groups is 1. The van der Waals surface area contributed by atoms with E-state index in [9.17, 15) is 4.79 Å². The van der Waals surface area contributed by atoms with Gasteiger partial charge in [-0.25, -0.2) is 0 Å². The van der Waals surface area contributed by atoms with Crippen molar-refractivity contribution in [2.24, 2.45) is 0 Å². The molecule has 1 aromatic carbocycles. The number of amides is 1. The van der Waals surface area contributed by atoms with Crippen molar-refractivity contribution in [2.75, 3.05) is 12.3 Å². The normalized spacial score (nSPS) is 14.4. The van der Waals surface area contributed by atoms with Crippen LogP contribution < -0.4 is 10.6 Å². The standard InChI is InChI=1S/C15H22N2OS/c1-2-16-15(18)8-9-19-14-5-3-4-12(10-14)11-17-13-6-7-13/h3-5,10,13,17H,2,6-9,11H2,1H3,(H,16,18). The molecular formula is C15H22N2OS. The number of hydrogen-bond acceptors (Lipinski definition) is 3. The van der Waals surface area contributed by atoms with Gasteiger partial charge in [-0.2, -0.15) is 0 Å². The maximum Gasteiger partial charge on any atom is 0.220 e. The fourth-order valence-electron chi connectivity index (χ4n) is 1.84. The van der Waals surface area contributed by atoms with E-state index in [0.29, 0.717) is 13.0 Å². The lowest BCUT2D eigenvalue weighted by Crippen LogP contribution is -2.22. The summed E-state index contributed by atoms with van der Waals surface area (Å²) in [5, 5.41) is 6.34. The first-order valence-electron chi connectivity index (χ1n) is 6.99. The summed E-state index contributed by atoms with van der Waals surface area (Å²) >= 11 is 1.75. The SMILES string of the molecule is CCNC(=O)CCSc1cccc(CNC2CC2)c1. The predicted octanol–water partition coefficient (Wildman–Crippen LogP) is 2.56. The molecule has 0 unspecified atom stereocenters. The molecule has 2 N–H and O–H groups in total. The van der Waals surface area contributed by atoms with Crippen molar-refractivity contribution >= 4 is 17.7 Å². The van der Waals surface area contributed by atoms with Gasteiger partial charge < -0.3 is 10.6 Å². The lowest BCUT2D eigenvalue weighted by atomic mass is 10.2. The summed E-state index contributed by atoms with van der Waals surface area (Å²) in [6.07, 6.45) is 3.23. The first kappa shape index (κ1) is 14.4. The molecule has 3 nitrogen and oxygen atoms in total. The summed E-state index contributed by atoms with van der Waals surface area (Å²) < 4.78 is 0. The Bertz CT molecular complexity index is 418. The van der Waals surface area contributed by atoms with E-state index in [2.05, 4.69) is 34.9 Å². The van der Waals surface area contributed by atoms with E-state index in [0.717, 1.165) is 18.3 Å². The molecule has 4 heteroatoms. The fourth-order valence-corrected chi connectivity index (χ4v) is 2.77. The van der Waals surface area contributed by atoms with Gasteiger partial charge in [0.25, 0.3) is 0 Å². The largest absolute Gasteiger partial charge is 0.356 e. The van der Waals surface area contributed by atoms with Crippen molar-refractivity contribution in [2.45, 2.75) is 43.7 Å². The van der Waals surface area contributed by atoms with Crippen molar-refractivity contribution in [1.29, 1.82) is 0 Å². The molecule has 2 rings (SSSR count). The van der Waals surface area contributed by atoms with E-state index in [4.69, 9.17) is 0 Å². The summed E-state index contributed by atoms with van der Waals surface area (Å²) in [6.45, 7) is 3.61. The van der Waals surface area contributed by atoms with Crippen LogP contribution in [0.15, 0.2) is 29.2 Å². The van der Waals surface area contributed by atoms with E-state index in [1.54, 1.807) is 11.8 Å². The third kappa shape index (κ3) is 5.66. The molecule has 1 aromatic rings. The zero-order valence-electron chi connectivity index (χ0n) is 11.4. The summed E-state index contributed by atoms with van der Waals surface area (Å²) in [6, 6.07) is 9.33. The first-order chi connectivity index (χ1) is 9.28. The van der Waals surface area contributed by atoms with Crippen LogP contribution in [0.4, 0.5) is 0 Å². The van der Waals surface area contributed by atoms with Gasteiger partial charge in [-0.3, -0.25) is 4.79 Å². The molecule has 0 saturated heterocycles. The maximum atomic E-state index is 11.4. The third-order valence-corrected chi connectivity index (χ3v) is 4.04. The zero-order valence-corrected chi connectivity index (χ0v) is 12.3. The fraction of sp³-hybridized carbons (Fsp3) is 0.533. The van der Waals surface area contributed by atoms with E-state index in [1.807, 2.05) is 6.92 Å². The molecule has 1 saturated carbocycles. The van der Waals surface area contributed by atoms with E-state index >= 15 is 0 Å². The van der Waals surface area contributed by atoms with Gasteiger partial charge in [0.1, 0.15) is 0 Å². The number of nitrogens with one attached hydrogen (secondary N) is 2. The minimum absolute atomic E-state index is 0.140. The van der Waals surface area contributed by atoms with Gasteiger partial charge in [0.05, 0.1) is 0 Å². The van der Waals surface area contributed by atoms with Crippen LogP contribution in [0.1, 0.15) is 31.7 Å². The Morgan fingerprint density at radius 2 is 2.26 bits per heavy atom. The van der Waals surface area contributed by atoms with Crippen molar-refractivity contribution < 1.29 is 4.79 Å². The zero-order chi connectivity index (χ0) is 13.5. The highest BCUT2D eigenvalue weighted by Crippen LogP contribution is 2.22. The second kappa shape index (κ2) is 7.56. The highest BCUT2D eigenvalue weighted by molar-refractivity contribution is 7.99. The highest BCUT2D eigenvalue weighted by Gasteiger charge is 2.19. The van der Waals surface area contributed by atoms with Gasteiger partial charge in [-0.1, -0.05) is 12.1 Å². The van der Waals surface area contributed by atoms with Crippen LogP contribution in [0.2, 0.25) is 0 Å². The average molecular weight is 278 g/mol. The highest BCUT2D eigenvalue weighted by atomic mass is 32.2. The lowest BCUT2D eigenvalue weighted by Gasteiger charge is -2.06. The maximum absolute atomic E-state index is 11.4. The van der Waals surface area contributed by atoms with Crippen LogP contribution in [-0.4, -0.2) is 24.2 Å². The van der Waals surface area contributed by atoms with Crippen molar-refractivity contribution in [1.82, 2.24) is 10.6 Å². The molecule has 0 bridgehead atoms. The van der Waals surface area contributed by atoms with Gasteiger partial charge in [0.15, 0.2) is 0 Å². The van der Waals surface area contributed by atoms with Crippen molar-refractivity contribution in [3.8, 4) is 0 Å². The van der Waals surface area contributed by atoms with Crippen LogP contribution in [0.25, 0.3) is 0 Å². The molecule has 0 atom stereocenters. The summed E-state index contributed by atoms with van der Waals surface area (Å²) in [5.41, 5.74) is 1.33. The molecule has 0 spiro atoms. The summed E-state index contributed by atoms with van der Waals surface area (Å²) in [7, 11) is 0. The third-order valence-electron chi connectivity index (χ3n) is 3.04. The Balaban J connectivity index is 1.72. The molecule has 0 heterocycles. The average Bonchev–Trinajstić information content (AvgIpc) is 3.21. The molecule has 0 aliphatic heterocycles. The van der Waals surface area contributed by atoms with Crippen molar-refractivity contribution in [3.05, 3.63) is 29.8 Å².